The van der Waals surface area contributed by atoms with Crippen LogP contribution >= 0.6 is 0 Å². The molecule has 0 amide bonds. The maximum absolute atomic E-state index is 5.72. The van der Waals surface area contributed by atoms with Gasteiger partial charge in [0.1, 0.15) is 11.5 Å². The number of rotatable bonds is 21. The van der Waals surface area contributed by atoms with E-state index in [9.17, 15) is 0 Å². The summed E-state index contributed by atoms with van der Waals surface area (Å²) in [7, 11) is 35.5. The summed E-state index contributed by atoms with van der Waals surface area (Å²) in [4.78, 5) is 12.7. The van der Waals surface area contributed by atoms with Crippen LogP contribution in [0, 0.1) is 0 Å². The molecule has 20 rings (SSSR count). The molecule has 0 spiro atoms. The first-order valence-electron chi connectivity index (χ1n) is 46.0. The number of benzene rings is 10. The van der Waals surface area contributed by atoms with Crippen molar-refractivity contribution in [2.45, 2.75) is 140 Å². The molecular formula is C108H131N5O21. The van der Waals surface area contributed by atoms with Crippen LogP contribution in [0.5, 0.6) is 121 Å². The van der Waals surface area contributed by atoms with E-state index in [2.05, 4.69) is 141 Å². The highest BCUT2D eigenvalue weighted by molar-refractivity contribution is 5.63. The third-order valence-corrected chi connectivity index (χ3v) is 29.3. The zero-order valence-electron chi connectivity index (χ0n) is 82.0. The molecule has 10 aliphatic rings. The quantitative estimate of drug-likeness (QED) is 0.0654. The third kappa shape index (κ3) is 17.8. The number of hydrogen-bond acceptors (Lipinski definition) is 26. The Kier molecular flexibility index (Phi) is 29.3. The molecule has 10 aromatic carbocycles. The Morgan fingerprint density at radius 1 is 0.187 bits per heavy atom. The smallest absolute Gasteiger partial charge is 0.203 e. The SMILES string of the molecule is COc1cc2c(cc1OC)C1Cc3c(OC)ccc(OC)c3CN1CC2.COc1cc2c(cc1OC)C1Cc3cc(OC)c(OC)c(OC)c3CN1CC2.COc1cc2c(cc1OC)CN1CCc3cc(OC)c(OC)cc3C1C2.COc1cc2c(cc1OC)[C@@H](C)N1CCc3cc(OC)c(OC)cc3[C@@H]1C2.COc1cc2c(cc1OC)[C@H]1Cc3cc(OC)c(OC)cc3[C@H](C)N1CC2. The predicted octanol–water partition coefficient (Wildman–Crippen LogP) is 18.0. The standard InChI is InChI=1S/C22H27NO5.2C22H27NO4.2C21H25NO4/c1-24-18-9-13-6-7-23-12-16-14(8-17(23)15(13)11-19(18)25-2)10-20(26-3)22(28-5)21(16)27-4;2*1-13-16-11-21(26-4)20(25-3)10-15(16)8-18-17-12-22(27-5)19(24-2)9-14(17)6-7-23(13)18;1-23-18-8-13-5-6-22-12-15-10-20(25-3)19(24-2)9-14(15)7-17(22)16(13)11-21(18)26-4;1-23-18-5-6-19(24-2)16-12-22-8-7-13-9-20(25-3)21(26-4)11-14(13)17(22)10-15(16)18/h9-11,17H,6-8,12H2,1-5H3;2*9-13,18H,6-8H2,1-5H3;8-11,17H,5-7,12H2,1-4H3;5-6,9,11,17H,7-8,10,12H2,1-4H3/t;2*13-,18+;;/m.10../s1. The van der Waals surface area contributed by atoms with Crippen molar-refractivity contribution in [2.75, 3.05) is 182 Å². The molecule has 26 heteroatoms. The van der Waals surface area contributed by atoms with Crippen molar-refractivity contribution in [1.29, 1.82) is 0 Å². The molecule has 0 bridgehead atoms. The monoisotopic (exact) mass is 1830 g/mol. The van der Waals surface area contributed by atoms with Crippen LogP contribution in [0.1, 0.15) is 167 Å². The lowest BCUT2D eigenvalue weighted by molar-refractivity contribution is 0.117. The predicted molar refractivity (Wildman–Crippen MR) is 514 cm³/mol. The first-order chi connectivity index (χ1) is 65.2. The zero-order valence-corrected chi connectivity index (χ0v) is 82.0. The summed E-state index contributed by atoms with van der Waals surface area (Å²) in [6, 6.07) is 42.5. The topological polar surface area (TPSA) is 210 Å². The maximum atomic E-state index is 5.72. The number of ether oxygens (including phenoxy) is 21. The summed E-state index contributed by atoms with van der Waals surface area (Å²) in [6.07, 6.45) is 9.67. The van der Waals surface area contributed by atoms with Gasteiger partial charge in [-0.15, -0.1) is 0 Å². The Hall–Kier alpha value is -12.2. The van der Waals surface area contributed by atoms with Crippen molar-refractivity contribution in [3.05, 3.63) is 227 Å². The third-order valence-electron chi connectivity index (χ3n) is 29.3. The van der Waals surface area contributed by atoms with Gasteiger partial charge < -0.3 is 99.5 Å². The highest BCUT2D eigenvalue weighted by atomic mass is 16.6. The molecule has 10 aliphatic heterocycles. The van der Waals surface area contributed by atoms with Crippen LogP contribution in [0.2, 0.25) is 0 Å². The molecule has 0 N–H and O–H groups in total. The molecule has 3 unspecified atom stereocenters. The van der Waals surface area contributed by atoms with Crippen LogP contribution in [0.3, 0.4) is 0 Å². The summed E-state index contributed by atoms with van der Waals surface area (Å²) < 4.78 is 116. The Balaban J connectivity index is 0.000000122. The summed E-state index contributed by atoms with van der Waals surface area (Å²) in [6.45, 7) is 12.3. The molecule has 134 heavy (non-hydrogen) atoms. The van der Waals surface area contributed by atoms with Crippen LogP contribution in [0.4, 0.5) is 0 Å². The molecule has 10 aromatic rings. The number of methoxy groups -OCH3 is 21. The van der Waals surface area contributed by atoms with E-state index in [0.717, 1.165) is 226 Å². The summed E-state index contributed by atoms with van der Waals surface area (Å²) in [5.74, 6) is 16.7. The van der Waals surface area contributed by atoms with Crippen molar-refractivity contribution < 1.29 is 99.5 Å². The van der Waals surface area contributed by atoms with Gasteiger partial charge in [0.2, 0.25) is 5.75 Å². The van der Waals surface area contributed by atoms with E-state index in [0.29, 0.717) is 53.8 Å². The average Bonchev–Trinajstić information content (AvgIpc) is 0.754. The lowest BCUT2D eigenvalue weighted by atomic mass is 9.81. The van der Waals surface area contributed by atoms with E-state index in [4.69, 9.17) is 99.5 Å². The van der Waals surface area contributed by atoms with Gasteiger partial charge in [-0.25, -0.2) is 0 Å². The Morgan fingerprint density at radius 2 is 0.425 bits per heavy atom. The number of nitrogens with zero attached hydrogens (tertiary/aromatic N) is 5. The van der Waals surface area contributed by atoms with Crippen LogP contribution in [-0.2, 0) is 83.8 Å². The fourth-order valence-electron chi connectivity index (χ4n) is 22.4. The van der Waals surface area contributed by atoms with Gasteiger partial charge in [-0.05, 0) is 288 Å². The van der Waals surface area contributed by atoms with Gasteiger partial charge in [0.05, 0.1) is 149 Å². The number of fused-ring (bicyclic) bond motifs is 20. The lowest BCUT2D eigenvalue weighted by Gasteiger charge is -2.45. The van der Waals surface area contributed by atoms with Gasteiger partial charge in [0.25, 0.3) is 0 Å². The van der Waals surface area contributed by atoms with E-state index in [1.165, 1.54) is 111 Å². The van der Waals surface area contributed by atoms with Gasteiger partial charge in [0.15, 0.2) is 103 Å². The van der Waals surface area contributed by atoms with Crippen molar-refractivity contribution in [3.63, 3.8) is 0 Å². The second-order valence-corrected chi connectivity index (χ2v) is 35.1. The summed E-state index contributed by atoms with van der Waals surface area (Å²) in [5, 5.41) is 0. The number of hydrogen-bond donors (Lipinski definition) is 0. The van der Waals surface area contributed by atoms with Gasteiger partial charge in [-0.3, -0.25) is 24.5 Å². The van der Waals surface area contributed by atoms with Crippen molar-refractivity contribution in [2.24, 2.45) is 0 Å². The Bertz CT molecular complexity index is 5800. The first-order valence-corrected chi connectivity index (χ1v) is 46.0. The molecule has 714 valence electrons. The molecule has 0 fully saturated rings. The molecule has 0 saturated heterocycles. The molecule has 0 aliphatic carbocycles. The highest BCUT2D eigenvalue weighted by Gasteiger charge is 2.44. The average molecular weight is 1840 g/mol. The molecule has 0 aromatic heterocycles. The molecule has 10 heterocycles. The van der Waals surface area contributed by atoms with E-state index >= 15 is 0 Å². The van der Waals surface area contributed by atoms with E-state index in [1.807, 2.05) is 12.1 Å². The van der Waals surface area contributed by atoms with Gasteiger partial charge in [-0.2, -0.15) is 0 Å². The zero-order chi connectivity index (χ0) is 94.6. The summed E-state index contributed by atoms with van der Waals surface area (Å²) >= 11 is 0. The van der Waals surface area contributed by atoms with E-state index < -0.39 is 0 Å². The van der Waals surface area contributed by atoms with Crippen molar-refractivity contribution in [1.82, 2.24) is 24.5 Å². The minimum Gasteiger partial charge on any atom is -0.496 e. The molecule has 26 nitrogen and oxygen atoms in total. The van der Waals surface area contributed by atoms with Gasteiger partial charge in [0, 0.05) is 111 Å². The van der Waals surface area contributed by atoms with E-state index in [-0.39, 0.29) is 0 Å². The van der Waals surface area contributed by atoms with Crippen LogP contribution in [0.15, 0.2) is 115 Å². The van der Waals surface area contributed by atoms with Crippen LogP contribution < -0.4 is 99.5 Å². The molecular weight excluding hydrogens is 1700 g/mol. The summed E-state index contributed by atoms with van der Waals surface area (Å²) in [5.41, 5.74) is 26.2. The highest BCUT2D eigenvalue weighted by Crippen LogP contribution is 2.55. The minimum atomic E-state index is 0.291. The largest absolute Gasteiger partial charge is 0.496 e. The fourth-order valence-corrected chi connectivity index (χ4v) is 22.4. The van der Waals surface area contributed by atoms with Gasteiger partial charge >= 0.3 is 0 Å². The fraction of sp³-hybridized carbons (Fsp3) is 0.444. The van der Waals surface area contributed by atoms with Crippen molar-refractivity contribution >= 4 is 0 Å². The normalized spacial score (nSPS) is 19.3. The lowest BCUT2D eigenvalue weighted by Crippen LogP contribution is -2.41. The van der Waals surface area contributed by atoms with Crippen LogP contribution in [-0.4, -0.2) is 207 Å². The minimum absolute atomic E-state index is 0.291. The Labute approximate surface area is 789 Å². The van der Waals surface area contributed by atoms with E-state index in [1.54, 1.807) is 149 Å². The van der Waals surface area contributed by atoms with Gasteiger partial charge in [-0.1, -0.05) is 0 Å². The van der Waals surface area contributed by atoms with Crippen LogP contribution in [0.25, 0.3) is 0 Å². The second-order valence-electron chi connectivity index (χ2n) is 35.1. The first kappa shape index (κ1) is 95.0. The second kappa shape index (κ2) is 41.3. The molecule has 0 saturated carbocycles. The Morgan fingerprint density at radius 3 is 0.754 bits per heavy atom. The van der Waals surface area contributed by atoms with Crippen molar-refractivity contribution in [3.8, 4) is 121 Å². The molecule has 7 atom stereocenters. The molecule has 0 radical (unpaired) electrons. The maximum Gasteiger partial charge on any atom is 0.203 e.